The normalized spacial score (nSPS) is 14.7. The molecule has 2 aromatic rings. The molecule has 2 heterocycles. The minimum absolute atomic E-state index is 0.204. The Balaban J connectivity index is 1.53. The molecule has 1 aliphatic heterocycles. The predicted molar refractivity (Wildman–Crippen MR) is 127 cm³/mol. The van der Waals surface area contributed by atoms with Gasteiger partial charge in [0.2, 0.25) is 5.91 Å². The van der Waals surface area contributed by atoms with E-state index in [0.29, 0.717) is 5.56 Å². The summed E-state index contributed by atoms with van der Waals surface area (Å²) in [6.07, 6.45) is 5.83. The SMILES string of the molecule is CCOC(=O)C(Cc1cccnc1)NC(=O)CNC(=O)c1cccc(NN2CCCCS2)c1. The molecule has 0 bridgehead atoms. The molecule has 3 rings (SSSR count). The van der Waals surface area contributed by atoms with Crippen molar-refractivity contribution in [1.29, 1.82) is 0 Å². The Hall–Kier alpha value is -3.11. The summed E-state index contributed by atoms with van der Waals surface area (Å²) in [5, 5.41) is 5.25. The lowest BCUT2D eigenvalue weighted by molar-refractivity contribution is -0.147. The molecule has 0 radical (unpaired) electrons. The first-order chi connectivity index (χ1) is 16.0. The van der Waals surface area contributed by atoms with Crippen molar-refractivity contribution in [3.63, 3.8) is 0 Å². The van der Waals surface area contributed by atoms with E-state index in [-0.39, 0.29) is 25.5 Å². The molecule has 1 fully saturated rings. The van der Waals surface area contributed by atoms with E-state index in [1.165, 1.54) is 6.42 Å². The number of rotatable bonds is 10. The third kappa shape index (κ3) is 8.07. The number of esters is 1. The topological polar surface area (TPSA) is 113 Å². The van der Waals surface area contributed by atoms with Crippen LogP contribution in [0.15, 0.2) is 48.8 Å². The molecule has 1 saturated heterocycles. The van der Waals surface area contributed by atoms with Crippen molar-refractivity contribution in [3.8, 4) is 0 Å². The highest BCUT2D eigenvalue weighted by atomic mass is 32.2. The summed E-state index contributed by atoms with van der Waals surface area (Å²) in [6.45, 7) is 2.58. The van der Waals surface area contributed by atoms with E-state index in [0.717, 1.165) is 30.0 Å². The highest BCUT2D eigenvalue weighted by Crippen LogP contribution is 2.21. The molecule has 3 N–H and O–H groups in total. The second-order valence-corrected chi connectivity index (χ2v) is 8.56. The Bertz CT molecular complexity index is 937. The van der Waals surface area contributed by atoms with Crippen LogP contribution in [0.25, 0.3) is 0 Å². The van der Waals surface area contributed by atoms with Crippen LogP contribution in [0.3, 0.4) is 0 Å². The van der Waals surface area contributed by atoms with Crippen LogP contribution < -0.4 is 16.1 Å². The summed E-state index contributed by atoms with van der Waals surface area (Å²) in [7, 11) is 0. The van der Waals surface area contributed by atoms with Crippen LogP contribution in [-0.4, -0.2) is 58.7 Å². The van der Waals surface area contributed by atoms with Gasteiger partial charge in [0.15, 0.2) is 0 Å². The number of anilines is 1. The Kier molecular flexibility index (Phi) is 9.52. The van der Waals surface area contributed by atoms with Crippen LogP contribution in [0.4, 0.5) is 5.69 Å². The first-order valence-corrected chi connectivity index (χ1v) is 11.9. The van der Waals surface area contributed by atoms with E-state index in [1.807, 2.05) is 12.1 Å². The Morgan fingerprint density at radius 3 is 2.82 bits per heavy atom. The lowest BCUT2D eigenvalue weighted by Gasteiger charge is -2.26. The lowest BCUT2D eigenvalue weighted by Crippen LogP contribution is -2.47. The average Bonchev–Trinajstić information content (AvgIpc) is 2.84. The lowest BCUT2D eigenvalue weighted by atomic mass is 10.1. The van der Waals surface area contributed by atoms with Gasteiger partial charge in [-0.1, -0.05) is 24.1 Å². The monoisotopic (exact) mass is 471 g/mol. The zero-order valence-corrected chi connectivity index (χ0v) is 19.4. The molecule has 0 saturated carbocycles. The van der Waals surface area contributed by atoms with Gasteiger partial charge in [-0.15, -0.1) is 0 Å². The molecular formula is C23H29N5O4S. The molecule has 0 spiro atoms. The number of aromatic nitrogens is 1. The highest BCUT2D eigenvalue weighted by molar-refractivity contribution is 7.97. The molecule has 0 aliphatic carbocycles. The van der Waals surface area contributed by atoms with E-state index in [2.05, 4.69) is 25.5 Å². The third-order valence-corrected chi connectivity index (χ3v) is 5.92. The molecule has 1 atom stereocenters. The van der Waals surface area contributed by atoms with Crippen molar-refractivity contribution < 1.29 is 19.1 Å². The summed E-state index contributed by atoms with van der Waals surface area (Å²) in [5.41, 5.74) is 5.33. The van der Waals surface area contributed by atoms with Crippen molar-refractivity contribution in [2.45, 2.75) is 32.2 Å². The number of nitrogens with zero attached hydrogens (tertiary/aromatic N) is 2. The smallest absolute Gasteiger partial charge is 0.328 e. The van der Waals surface area contributed by atoms with Gasteiger partial charge in [-0.25, -0.2) is 4.79 Å². The van der Waals surface area contributed by atoms with Crippen LogP contribution in [0, 0.1) is 0 Å². The number of carbonyl (C=O) groups is 3. The van der Waals surface area contributed by atoms with Gasteiger partial charge >= 0.3 is 5.97 Å². The van der Waals surface area contributed by atoms with Gasteiger partial charge in [0.05, 0.1) is 18.8 Å². The van der Waals surface area contributed by atoms with Gasteiger partial charge in [-0.2, -0.15) is 4.41 Å². The van der Waals surface area contributed by atoms with Crippen LogP contribution in [0.2, 0.25) is 0 Å². The van der Waals surface area contributed by atoms with E-state index >= 15 is 0 Å². The minimum Gasteiger partial charge on any atom is -0.464 e. The Morgan fingerprint density at radius 2 is 2.09 bits per heavy atom. The Morgan fingerprint density at radius 1 is 1.21 bits per heavy atom. The molecule has 1 aromatic carbocycles. The second-order valence-electron chi connectivity index (χ2n) is 7.46. The molecule has 1 aliphatic rings. The van der Waals surface area contributed by atoms with Crippen molar-refractivity contribution >= 4 is 35.4 Å². The fraction of sp³-hybridized carbons (Fsp3) is 0.391. The zero-order chi connectivity index (χ0) is 23.5. The number of pyridine rings is 1. The van der Waals surface area contributed by atoms with Gasteiger partial charge in [0.25, 0.3) is 5.91 Å². The van der Waals surface area contributed by atoms with Gasteiger partial charge < -0.3 is 20.8 Å². The number of hydrogen-bond acceptors (Lipinski definition) is 8. The molecule has 1 aromatic heterocycles. The second kappa shape index (κ2) is 12.8. The van der Waals surface area contributed by atoms with E-state index in [4.69, 9.17) is 4.74 Å². The van der Waals surface area contributed by atoms with Crippen LogP contribution in [-0.2, 0) is 20.7 Å². The minimum atomic E-state index is -0.867. The third-order valence-electron chi connectivity index (χ3n) is 4.86. The fourth-order valence-electron chi connectivity index (χ4n) is 3.26. The quantitative estimate of drug-likeness (QED) is 0.357. The summed E-state index contributed by atoms with van der Waals surface area (Å²) < 4.78 is 7.13. The summed E-state index contributed by atoms with van der Waals surface area (Å²) in [4.78, 5) is 41.3. The first kappa shape index (κ1) is 24.5. The number of hydrazine groups is 1. The summed E-state index contributed by atoms with van der Waals surface area (Å²) >= 11 is 1.73. The van der Waals surface area contributed by atoms with Gasteiger partial charge in [-0.3, -0.25) is 14.6 Å². The van der Waals surface area contributed by atoms with E-state index < -0.39 is 17.9 Å². The van der Waals surface area contributed by atoms with Gasteiger partial charge in [-0.05, 0) is 49.6 Å². The van der Waals surface area contributed by atoms with Crippen LogP contribution >= 0.6 is 11.9 Å². The van der Waals surface area contributed by atoms with Crippen molar-refractivity contribution in [2.24, 2.45) is 0 Å². The summed E-state index contributed by atoms with van der Waals surface area (Å²) in [6, 6.07) is 9.81. The standard InChI is InChI=1S/C23H29N5O4S/c1-2-32-23(31)20(13-17-7-6-10-24-15-17)26-21(29)16-25-22(30)18-8-5-9-19(14-18)27-28-11-3-4-12-33-28/h5-10,14-15,20,27H,2-4,11-13,16H2,1H3,(H,25,30)(H,26,29). The Labute approximate surface area is 197 Å². The molecule has 2 amide bonds. The maximum atomic E-state index is 12.6. The van der Waals surface area contributed by atoms with Crippen molar-refractivity contribution in [3.05, 3.63) is 59.9 Å². The predicted octanol–water partition coefficient (Wildman–Crippen LogP) is 2.17. The molecular weight excluding hydrogens is 442 g/mol. The fourth-order valence-corrected chi connectivity index (χ4v) is 4.24. The molecule has 1 unspecified atom stereocenters. The van der Waals surface area contributed by atoms with Crippen molar-refractivity contribution in [1.82, 2.24) is 20.0 Å². The molecule has 33 heavy (non-hydrogen) atoms. The van der Waals surface area contributed by atoms with Gasteiger partial charge in [0, 0.05) is 36.7 Å². The number of amides is 2. The average molecular weight is 472 g/mol. The first-order valence-electron chi connectivity index (χ1n) is 11.0. The number of hydrogen-bond donors (Lipinski definition) is 3. The van der Waals surface area contributed by atoms with E-state index in [1.54, 1.807) is 55.5 Å². The van der Waals surface area contributed by atoms with Crippen LogP contribution in [0.1, 0.15) is 35.7 Å². The molecule has 9 nitrogen and oxygen atoms in total. The number of nitrogens with one attached hydrogen (secondary N) is 3. The highest BCUT2D eigenvalue weighted by Gasteiger charge is 2.23. The maximum Gasteiger partial charge on any atom is 0.328 e. The maximum absolute atomic E-state index is 12.6. The van der Waals surface area contributed by atoms with Gasteiger partial charge in [0.1, 0.15) is 6.04 Å². The van der Waals surface area contributed by atoms with Crippen LogP contribution in [0.5, 0.6) is 0 Å². The molecule has 10 heteroatoms. The number of carbonyl (C=O) groups excluding carboxylic acids is 3. The zero-order valence-electron chi connectivity index (χ0n) is 18.6. The van der Waals surface area contributed by atoms with E-state index in [9.17, 15) is 14.4 Å². The number of benzene rings is 1. The largest absolute Gasteiger partial charge is 0.464 e. The van der Waals surface area contributed by atoms with Crippen molar-refractivity contribution in [2.75, 3.05) is 30.9 Å². The molecule has 176 valence electrons. The summed E-state index contributed by atoms with van der Waals surface area (Å²) in [5.74, 6) is -0.324. The number of ether oxygens (including phenoxy) is 1.